The van der Waals surface area contributed by atoms with Crippen LogP contribution < -0.4 is 5.32 Å². The molecule has 22 heavy (non-hydrogen) atoms. The molecule has 0 heterocycles. The number of nitrogens with one attached hydrogen (secondary N) is 1. The number of rotatable bonds is 8. The molecule has 6 heteroatoms. The zero-order valence-electron chi connectivity index (χ0n) is 13.0. The molecule has 120 valence electrons. The predicted molar refractivity (Wildman–Crippen MR) is 83.6 cm³/mol. The van der Waals surface area contributed by atoms with Gasteiger partial charge in [-0.1, -0.05) is 12.1 Å². The van der Waals surface area contributed by atoms with Crippen LogP contribution >= 0.6 is 0 Å². The van der Waals surface area contributed by atoms with E-state index in [4.69, 9.17) is 5.11 Å². The van der Waals surface area contributed by atoms with Crippen LogP contribution in [0.4, 0.5) is 5.69 Å². The molecule has 0 fully saturated rings. The third-order valence-electron chi connectivity index (χ3n) is 3.16. The zero-order chi connectivity index (χ0) is 16.5. The highest BCUT2D eigenvalue weighted by Gasteiger charge is 2.07. The normalized spacial score (nSPS) is 10.1. The SMILES string of the molecule is CN(C)C(=O)CCCC(=O)Nc1ccc(CCC(=O)O)cc1. The van der Waals surface area contributed by atoms with Crippen molar-refractivity contribution in [1.29, 1.82) is 0 Å². The van der Waals surface area contributed by atoms with Crippen LogP contribution in [0.1, 0.15) is 31.2 Å². The average molecular weight is 306 g/mol. The number of aryl methyl sites for hydroxylation is 1. The van der Waals surface area contributed by atoms with Crippen LogP contribution in [-0.4, -0.2) is 41.9 Å². The first-order valence-corrected chi connectivity index (χ1v) is 7.19. The first-order chi connectivity index (χ1) is 10.4. The molecule has 0 unspecified atom stereocenters. The fourth-order valence-corrected chi connectivity index (χ4v) is 1.85. The van der Waals surface area contributed by atoms with Gasteiger partial charge in [-0.05, 0) is 30.5 Å². The summed E-state index contributed by atoms with van der Waals surface area (Å²) >= 11 is 0. The molecule has 2 amide bonds. The van der Waals surface area contributed by atoms with E-state index in [0.717, 1.165) is 5.56 Å². The quantitative estimate of drug-likeness (QED) is 0.768. The molecule has 0 saturated carbocycles. The zero-order valence-corrected chi connectivity index (χ0v) is 13.0. The van der Waals surface area contributed by atoms with Crippen LogP contribution in [0.2, 0.25) is 0 Å². The number of carboxylic acid groups (broad SMARTS) is 1. The standard InChI is InChI=1S/C16H22N2O4/c1-18(2)15(20)5-3-4-14(19)17-13-9-6-12(7-10-13)8-11-16(21)22/h6-7,9-10H,3-5,8,11H2,1-2H3,(H,17,19)(H,21,22). The first kappa shape index (κ1) is 17.7. The number of carbonyl (C=O) groups excluding carboxylic acids is 2. The Morgan fingerprint density at radius 1 is 1.05 bits per heavy atom. The topological polar surface area (TPSA) is 86.7 Å². The second-order valence-corrected chi connectivity index (χ2v) is 5.28. The van der Waals surface area contributed by atoms with Gasteiger partial charge < -0.3 is 15.3 Å². The molecule has 0 saturated heterocycles. The maximum Gasteiger partial charge on any atom is 0.303 e. The molecule has 6 nitrogen and oxygen atoms in total. The van der Waals surface area contributed by atoms with E-state index in [1.54, 1.807) is 38.4 Å². The number of anilines is 1. The Labute approximate surface area is 130 Å². The summed E-state index contributed by atoms with van der Waals surface area (Å²) in [5.41, 5.74) is 1.58. The fraction of sp³-hybridized carbons (Fsp3) is 0.438. The van der Waals surface area contributed by atoms with Crippen molar-refractivity contribution in [2.75, 3.05) is 19.4 Å². The van der Waals surface area contributed by atoms with Crippen LogP contribution in [0.5, 0.6) is 0 Å². The van der Waals surface area contributed by atoms with Gasteiger partial charge in [0.25, 0.3) is 0 Å². The van der Waals surface area contributed by atoms with E-state index in [1.807, 2.05) is 0 Å². The van der Waals surface area contributed by atoms with E-state index in [1.165, 1.54) is 4.90 Å². The monoisotopic (exact) mass is 306 g/mol. The lowest BCUT2D eigenvalue weighted by Gasteiger charge is -2.10. The summed E-state index contributed by atoms with van der Waals surface area (Å²) in [4.78, 5) is 35.1. The minimum Gasteiger partial charge on any atom is -0.481 e. The van der Waals surface area contributed by atoms with Crippen molar-refractivity contribution in [3.05, 3.63) is 29.8 Å². The van der Waals surface area contributed by atoms with Crippen molar-refractivity contribution in [1.82, 2.24) is 4.90 Å². The summed E-state index contributed by atoms with van der Waals surface area (Å²) in [6.07, 6.45) is 1.72. The highest BCUT2D eigenvalue weighted by molar-refractivity contribution is 5.91. The van der Waals surface area contributed by atoms with Crippen molar-refractivity contribution in [3.63, 3.8) is 0 Å². The van der Waals surface area contributed by atoms with E-state index in [9.17, 15) is 14.4 Å². The van der Waals surface area contributed by atoms with Gasteiger partial charge in [0, 0.05) is 39.0 Å². The predicted octanol–water partition coefficient (Wildman–Crippen LogP) is 1.90. The summed E-state index contributed by atoms with van der Waals surface area (Å²) in [5.74, 6) is -0.954. The molecule has 1 rings (SSSR count). The highest BCUT2D eigenvalue weighted by atomic mass is 16.4. The van der Waals surface area contributed by atoms with Crippen molar-refractivity contribution in [2.45, 2.75) is 32.1 Å². The molecular weight excluding hydrogens is 284 g/mol. The number of amides is 2. The largest absolute Gasteiger partial charge is 0.481 e. The maximum absolute atomic E-state index is 11.8. The summed E-state index contributed by atoms with van der Waals surface area (Å²) in [7, 11) is 3.38. The van der Waals surface area contributed by atoms with Crippen LogP contribution in [0.25, 0.3) is 0 Å². The molecule has 2 N–H and O–H groups in total. The average Bonchev–Trinajstić information content (AvgIpc) is 2.46. The third kappa shape index (κ3) is 6.88. The molecule has 0 aromatic heterocycles. The van der Waals surface area contributed by atoms with Crippen LogP contribution in [0.15, 0.2) is 24.3 Å². The highest BCUT2D eigenvalue weighted by Crippen LogP contribution is 2.12. The molecule has 1 aromatic carbocycles. The molecule has 0 atom stereocenters. The lowest BCUT2D eigenvalue weighted by atomic mass is 10.1. The molecule has 1 aromatic rings. The number of carboxylic acids is 1. The van der Waals surface area contributed by atoms with Crippen molar-refractivity contribution in [2.24, 2.45) is 0 Å². The Morgan fingerprint density at radius 3 is 2.23 bits per heavy atom. The van der Waals surface area contributed by atoms with Crippen LogP contribution in [0.3, 0.4) is 0 Å². The summed E-state index contributed by atoms with van der Waals surface area (Å²) < 4.78 is 0. The number of benzene rings is 1. The molecule has 0 spiro atoms. The lowest BCUT2D eigenvalue weighted by Crippen LogP contribution is -2.21. The van der Waals surface area contributed by atoms with Gasteiger partial charge >= 0.3 is 5.97 Å². The van der Waals surface area contributed by atoms with Crippen molar-refractivity contribution >= 4 is 23.5 Å². The molecule has 0 radical (unpaired) electrons. The molecule has 0 aliphatic carbocycles. The number of aliphatic carboxylic acids is 1. The Bertz CT molecular complexity index is 523. The Kier molecular flexibility index (Phi) is 7.08. The summed E-state index contributed by atoms with van der Waals surface area (Å²) in [6.45, 7) is 0. The van der Waals surface area contributed by atoms with Gasteiger partial charge in [0.15, 0.2) is 0 Å². The fourth-order valence-electron chi connectivity index (χ4n) is 1.85. The first-order valence-electron chi connectivity index (χ1n) is 7.19. The second kappa shape index (κ2) is 8.81. The van der Waals surface area contributed by atoms with Crippen LogP contribution in [-0.2, 0) is 20.8 Å². The maximum atomic E-state index is 11.8. The van der Waals surface area contributed by atoms with Gasteiger partial charge in [-0.15, -0.1) is 0 Å². The summed E-state index contributed by atoms with van der Waals surface area (Å²) in [5, 5.41) is 11.4. The Hall–Kier alpha value is -2.37. The van der Waals surface area contributed by atoms with E-state index >= 15 is 0 Å². The third-order valence-corrected chi connectivity index (χ3v) is 3.16. The number of hydrogen-bond acceptors (Lipinski definition) is 3. The van der Waals surface area contributed by atoms with E-state index in [-0.39, 0.29) is 18.2 Å². The number of hydrogen-bond donors (Lipinski definition) is 2. The van der Waals surface area contributed by atoms with Gasteiger partial charge in [-0.2, -0.15) is 0 Å². The second-order valence-electron chi connectivity index (χ2n) is 5.28. The molecule has 0 bridgehead atoms. The molecule has 0 aliphatic rings. The number of nitrogens with zero attached hydrogens (tertiary/aromatic N) is 1. The summed E-state index contributed by atoms with van der Waals surface area (Å²) in [6, 6.07) is 7.10. The van der Waals surface area contributed by atoms with E-state index in [0.29, 0.717) is 31.4 Å². The smallest absolute Gasteiger partial charge is 0.303 e. The van der Waals surface area contributed by atoms with Crippen molar-refractivity contribution < 1.29 is 19.5 Å². The Morgan fingerprint density at radius 2 is 1.68 bits per heavy atom. The van der Waals surface area contributed by atoms with Gasteiger partial charge in [0.2, 0.25) is 11.8 Å². The van der Waals surface area contributed by atoms with Crippen molar-refractivity contribution in [3.8, 4) is 0 Å². The number of carbonyl (C=O) groups is 3. The van der Waals surface area contributed by atoms with Gasteiger partial charge in [0.1, 0.15) is 0 Å². The minimum absolute atomic E-state index is 0.00980. The van der Waals surface area contributed by atoms with Gasteiger partial charge in [-0.3, -0.25) is 14.4 Å². The van der Waals surface area contributed by atoms with Gasteiger partial charge in [-0.25, -0.2) is 0 Å². The van der Waals surface area contributed by atoms with E-state index < -0.39 is 5.97 Å². The molecular formula is C16H22N2O4. The lowest BCUT2D eigenvalue weighted by molar-refractivity contribution is -0.137. The molecule has 0 aliphatic heterocycles. The van der Waals surface area contributed by atoms with E-state index in [2.05, 4.69) is 5.32 Å². The van der Waals surface area contributed by atoms with Crippen LogP contribution in [0, 0.1) is 0 Å². The Balaban J connectivity index is 2.35. The minimum atomic E-state index is -0.829. The van der Waals surface area contributed by atoms with Gasteiger partial charge in [0.05, 0.1) is 0 Å².